The van der Waals surface area contributed by atoms with Crippen LogP contribution >= 0.6 is 0 Å². The van der Waals surface area contributed by atoms with Crippen molar-refractivity contribution in [3.05, 3.63) is 107 Å². The van der Waals surface area contributed by atoms with Gasteiger partial charge in [-0.3, -0.25) is 14.5 Å². The van der Waals surface area contributed by atoms with Crippen LogP contribution < -0.4 is 10.9 Å². The predicted molar refractivity (Wildman–Crippen MR) is 130 cm³/mol. The van der Waals surface area contributed by atoms with Crippen LogP contribution in [0.1, 0.15) is 34.9 Å². The quantitative estimate of drug-likeness (QED) is 0.495. The van der Waals surface area contributed by atoms with Crippen LogP contribution in [0.5, 0.6) is 0 Å². The summed E-state index contributed by atoms with van der Waals surface area (Å²) in [5.74, 6) is -0.281. The van der Waals surface area contributed by atoms with Crippen molar-refractivity contribution in [1.82, 2.24) is 20.0 Å². The highest BCUT2D eigenvalue weighted by atomic mass is 16.2. The molecule has 0 bridgehead atoms. The monoisotopic (exact) mass is 438 g/mol. The molecule has 1 aliphatic heterocycles. The van der Waals surface area contributed by atoms with Crippen molar-refractivity contribution >= 4 is 16.7 Å². The number of carbonyl (C=O) groups is 1. The van der Waals surface area contributed by atoms with Gasteiger partial charge in [0.25, 0.3) is 11.5 Å². The summed E-state index contributed by atoms with van der Waals surface area (Å²) in [6.45, 7) is 2.52. The SMILES string of the molecule is O=C(NCC(c1ccccc1)N1CCCC1)c1nn(-c2ccccc2)c(=O)c2ccccc12. The molecule has 3 aromatic carbocycles. The third kappa shape index (κ3) is 4.30. The molecule has 1 unspecified atom stereocenters. The van der Waals surface area contributed by atoms with E-state index >= 15 is 0 Å². The van der Waals surface area contributed by atoms with Crippen LogP contribution in [0.2, 0.25) is 0 Å². The fourth-order valence-corrected chi connectivity index (χ4v) is 4.56. The number of fused-ring (bicyclic) bond motifs is 1. The van der Waals surface area contributed by atoms with E-state index in [0.29, 0.717) is 23.0 Å². The highest BCUT2D eigenvalue weighted by Crippen LogP contribution is 2.24. The van der Waals surface area contributed by atoms with Gasteiger partial charge in [0.15, 0.2) is 5.69 Å². The Morgan fingerprint density at radius 1 is 0.848 bits per heavy atom. The molecule has 0 saturated carbocycles. The normalized spacial score (nSPS) is 14.9. The minimum absolute atomic E-state index is 0.101. The molecule has 1 fully saturated rings. The Morgan fingerprint density at radius 3 is 2.15 bits per heavy atom. The van der Waals surface area contributed by atoms with Gasteiger partial charge in [0.2, 0.25) is 0 Å². The molecule has 2 heterocycles. The predicted octanol–water partition coefficient (Wildman–Crippen LogP) is 3.95. The van der Waals surface area contributed by atoms with E-state index in [4.69, 9.17) is 0 Å². The molecule has 1 aliphatic rings. The van der Waals surface area contributed by atoms with Gasteiger partial charge >= 0.3 is 0 Å². The molecule has 1 aromatic heterocycles. The van der Waals surface area contributed by atoms with Crippen molar-refractivity contribution in [2.24, 2.45) is 0 Å². The first-order valence-electron chi connectivity index (χ1n) is 11.4. The summed E-state index contributed by atoms with van der Waals surface area (Å²) >= 11 is 0. The highest BCUT2D eigenvalue weighted by molar-refractivity contribution is 6.04. The van der Waals surface area contributed by atoms with Crippen LogP contribution in [0, 0.1) is 0 Å². The summed E-state index contributed by atoms with van der Waals surface area (Å²) in [5.41, 5.74) is 1.82. The zero-order chi connectivity index (χ0) is 22.6. The van der Waals surface area contributed by atoms with Gasteiger partial charge < -0.3 is 5.32 Å². The number of hydrogen-bond donors (Lipinski definition) is 1. The van der Waals surface area contributed by atoms with E-state index in [2.05, 4.69) is 27.4 Å². The molecule has 1 atom stereocenters. The standard InChI is InChI=1S/C27H26N4O2/c32-26(28-19-24(30-17-9-10-18-30)20-11-3-1-4-12-20)25-22-15-7-8-16-23(22)27(33)31(29-25)21-13-5-2-6-14-21/h1-8,11-16,24H,9-10,17-19H2,(H,28,32). The number of nitrogens with zero attached hydrogens (tertiary/aromatic N) is 3. The van der Waals surface area contributed by atoms with Gasteiger partial charge in [0.1, 0.15) is 0 Å². The lowest BCUT2D eigenvalue weighted by molar-refractivity contribution is 0.0933. The fraction of sp³-hybridized carbons (Fsp3) is 0.222. The van der Waals surface area contributed by atoms with Crippen molar-refractivity contribution in [3.63, 3.8) is 0 Å². The van der Waals surface area contributed by atoms with Gasteiger partial charge in [-0.2, -0.15) is 9.78 Å². The maximum atomic E-state index is 13.4. The molecule has 0 radical (unpaired) electrons. The Bertz CT molecular complexity index is 1310. The fourth-order valence-electron chi connectivity index (χ4n) is 4.56. The Kier molecular flexibility index (Phi) is 6.00. The van der Waals surface area contributed by atoms with Gasteiger partial charge in [-0.15, -0.1) is 0 Å². The summed E-state index contributed by atoms with van der Waals surface area (Å²) < 4.78 is 1.31. The van der Waals surface area contributed by atoms with E-state index in [9.17, 15) is 9.59 Å². The topological polar surface area (TPSA) is 67.2 Å². The zero-order valence-electron chi connectivity index (χ0n) is 18.4. The number of likely N-dealkylation sites (tertiary alicyclic amines) is 1. The molecular weight excluding hydrogens is 412 g/mol. The maximum absolute atomic E-state index is 13.4. The van der Waals surface area contributed by atoms with E-state index in [1.54, 1.807) is 18.2 Å². The number of aromatic nitrogens is 2. The lowest BCUT2D eigenvalue weighted by Crippen LogP contribution is -2.38. The van der Waals surface area contributed by atoms with Gasteiger partial charge in [-0.25, -0.2) is 0 Å². The van der Waals surface area contributed by atoms with Gasteiger partial charge in [-0.05, 0) is 49.7 Å². The number of amides is 1. The maximum Gasteiger partial charge on any atom is 0.279 e. The lowest BCUT2D eigenvalue weighted by atomic mass is 10.1. The Hall–Kier alpha value is -3.77. The molecular formula is C27H26N4O2. The Labute approximate surface area is 192 Å². The summed E-state index contributed by atoms with van der Waals surface area (Å²) in [5, 5.41) is 8.64. The molecule has 33 heavy (non-hydrogen) atoms. The third-order valence-electron chi connectivity index (χ3n) is 6.24. The largest absolute Gasteiger partial charge is 0.349 e. The van der Waals surface area contributed by atoms with Crippen LogP contribution in [0.4, 0.5) is 0 Å². The molecule has 4 aromatic rings. The average Bonchev–Trinajstić information content (AvgIpc) is 3.40. The second-order valence-corrected chi connectivity index (χ2v) is 8.33. The number of nitrogens with one attached hydrogen (secondary N) is 1. The van der Waals surface area contributed by atoms with Gasteiger partial charge in [-0.1, -0.05) is 66.7 Å². The van der Waals surface area contributed by atoms with Crippen LogP contribution in [0.25, 0.3) is 16.5 Å². The highest BCUT2D eigenvalue weighted by Gasteiger charge is 2.25. The van der Waals surface area contributed by atoms with E-state index in [1.165, 1.54) is 23.1 Å². The van der Waals surface area contributed by atoms with Crippen molar-refractivity contribution < 1.29 is 4.79 Å². The second-order valence-electron chi connectivity index (χ2n) is 8.33. The number of carbonyl (C=O) groups excluding carboxylic acids is 1. The number of rotatable bonds is 6. The molecule has 6 heteroatoms. The minimum Gasteiger partial charge on any atom is -0.349 e. The lowest BCUT2D eigenvalue weighted by Gasteiger charge is -2.28. The molecule has 5 rings (SSSR count). The second kappa shape index (κ2) is 9.38. The molecule has 1 amide bonds. The van der Waals surface area contributed by atoms with Crippen molar-refractivity contribution in [1.29, 1.82) is 0 Å². The molecule has 0 spiro atoms. The molecule has 1 N–H and O–H groups in total. The van der Waals surface area contributed by atoms with E-state index in [-0.39, 0.29) is 23.2 Å². The first-order valence-corrected chi connectivity index (χ1v) is 11.4. The first-order chi connectivity index (χ1) is 16.2. The third-order valence-corrected chi connectivity index (χ3v) is 6.24. The van der Waals surface area contributed by atoms with E-state index in [0.717, 1.165) is 13.1 Å². The summed E-state index contributed by atoms with van der Waals surface area (Å²) in [6.07, 6.45) is 2.34. The average molecular weight is 439 g/mol. The van der Waals surface area contributed by atoms with Crippen molar-refractivity contribution in [2.45, 2.75) is 18.9 Å². The van der Waals surface area contributed by atoms with E-state index in [1.807, 2.05) is 54.6 Å². The minimum atomic E-state index is -0.281. The Morgan fingerprint density at radius 2 is 1.45 bits per heavy atom. The zero-order valence-corrected chi connectivity index (χ0v) is 18.4. The van der Waals surface area contributed by atoms with Gasteiger partial charge in [0, 0.05) is 11.9 Å². The molecule has 1 saturated heterocycles. The molecule has 0 aliphatic carbocycles. The summed E-state index contributed by atoms with van der Waals surface area (Å²) in [7, 11) is 0. The Balaban J connectivity index is 1.49. The van der Waals surface area contributed by atoms with Crippen LogP contribution in [-0.2, 0) is 0 Å². The van der Waals surface area contributed by atoms with Gasteiger partial charge in [0.05, 0.1) is 17.1 Å². The van der Waals surface area contributed by atoms with Crippen LogP contribution in [0.3, 0.4) is 0 Å². The van der Waals surface area contributed by atoms with Crippen LogP contribution in [-0.4, -0.2) is 40.2 Å². The number of benzene rings is 3. The number of para-hydroxylation sites is 1. The molecule has 6 nitrogen and oxygen atoms in total. The smallest absolute Gasteiger partial charge is 0.279 e. The number of hydrogen-bond acceptors (Lipinski definition) is 4. The van der Waals surface area contributed by atoms with E-state index < -0.39 is 0 Å². The van der Waals surface area contributed by atoms with Crippen molar-refractivity contribution in [2.75, 3.05) is 19.6 Å². The first kappa shape index (κ1) is 21.1. The molecule has 166 valence electrons. The summed E-state index contributed by atoms with van der Waals surface area (Å²) in [6, 6.07) is 26.7. The van der Waals surface area contributed by atoms with Crippen LogP contribution in [0.15, 0.2) is 89.7 Å². The summed E-state index contributed by atoms with van der Waals surface area (Å²) in [4.78, 5) is 28.9. The van der Waals surface area contributed by atoms with Crippen molar-refractivity contribution in [3.8, 4) is 5.69 Å².